The monoisotopic (exact) mass is 344 g/mol. The van der Waals surface area contributed by atoms with Gasteiger partial charge < -0.3 is 4.42 Å². The quantitative estimate of drug-likeness (QED) is 0.854. The van der Waals surface area contributed by atoms with Crippen molar-refractivity contribution in [1.29, 1.82) is 0 Å². The summed E-state index contributed by atoms with van der Waals surface area (Å²) >= 11 is 3.21. The summed E-state index contributed by atoms with van der Waals surface area (Å²) in [7, 11) is -2.06. The van der Waals surface area contributed by atoms with E-state index >= 15 is 0 Å². The fourth-order valence-electron chi connectivity index (χ4n) is 1.59. The van der Waals surface area contributed by atoms with Gasteiger partial charge in [0.2, 0.25) is 10.0 Å². The Hall–Kier alpha value is -1.18. The predicted octanol–water partition coefficient (Wildman–Crippen LogP) is 2.57. The Morgan fingerprint density at radius 3 is 2.68 bits per heavy atom. The highest BCUT2D eigenvalue weighted by Crippen LogP contribution is 2.19. The van der Waals surface area contributed by atoms with Crippen molar-refractivity contribution >= 4 is 26.0 Å². The van der Waals surface area contributed by atoms with E-state index in [-0.39, 0.29) is 11.4 Å². The van der Waals surface area contributed by atoms with Crippen LogP contribution in [0.25, 0.3) is 0 Å². The molecule has 0 aliphatic rings. The number of aryl methyl sites for hydroxylation is 1. The number of sulfonamides is 1. The molecule has 0 aliphatic carbocycles. The molecule has 0 atom stereocenters. The minimum absolute atomic E-state index is 0.146. The van der Waals surface area contributed by atoms with Gasteiger partial charge in [-0.05, 0) is 41.1 Å². The van der Waals surface area contributed by atoms with Crippen molar-refractivity contribution in [3.05, 3.63) is 46.6 Å². The lowest BCUT2D eigenvalue weighted by Crippen LogP contribution is -2.26. The Morgan fingerprint density at radius 1 is 1.37 bits per heavy atom. The van der Waals surface area contributed by atoms with Gasteiger partial charge in [-0.25, -0.2) is 8.42 Å². The van der Waals surface area contributed by atoms with E-state index in [0.717, 1.165) is 5.76 Å². The maximum atomic E-state index is 12.3. The average molecular weight is 345 g/mol. The van der Waals surface area contributed by atoms with E-state index in [2.05, 4.69) is 20.9 Å². The summed E-state index contributed by atoms with van der Waals surface area (Å²) in [6.45, 7) is 2.00. The Kier molecular flexibility index (Phi) is 4.07. The van der Waals surface area contributed by atoms with Crippen molar-refractivity contribution < 1.29 is 12.8 Å². The summed E-state index contributed by atoms with van der Waals surface area (Å²) in [5.74, 6) is 1.36. The van der Waals surface area contributed by atoms with Crippen LogP contribution >= 0.6 is 15.9 Å². The first-order valence-electron chi connectivity index (χ1n) is 5.52. The van der Waals surface area contributed by atoms with Gasteiger partial charge >= 0.3 is 0 Å². The maximum Gasteiger partial charge on any atom is 0.244 e. The minimum Gasteiger partial charge on any atom is -0.465 e. The smallest absolute Gasteiger partial charge is 0.244 e. The number of hydrogen-bond donors (Lipinski definition) is 0. The Bertz CT molecular complexity index is 682. The highest BCUT2D eigenvalue weighted by molar-refractivity contribution is 9.10. The number of aromatic nitrogens is 1. The fourth-order valence-corrected chi connectivity index (χ4v) is 3.23. The van der Waals surface area contributed by atoms with Gasteiger partial charge in [0.15, 0.2) is 0 Å². The SMILES string of the molecule is Cc1ccc(CN(C)S(=O)(=O)c2cncc(Br)c2)o1. The van der Waals surface area contributed by atoms with E-state index in [0.29, 0.717) is 10.2 Å². The molecule has 2 heterocycles. The summed E-state index contributed by atoms with van der Waals surface area (Å²) in [6, 6.07) is 5.09. The third-order valence-electron chi connectivity index (χ3n) is 2.56. The Morgan fingerprint density at radius 2 is 2.11 bits per heavy atom. The number of hydrogen-bond acceptors (Lipinski definition) is 4. The molecule has 0 aliphatic heterocycles. The predicted molar refractivity (Wildman–Crippen MR) is 74.0 cm³/mol. The van der Waals surface area contributed by atoms with Crippen molar-refractivity contribution in [2.24, 2.45) is 0 Å². The molecule has 0 spiro atoms. The van der Waals surface area contributed by atoms with Crippen LogP contribution < -0.4 is 0 Å². The van der Waals surface area contributed by atoms with Crippen LogP contribution in [-0.4, -0.2) is 24.8 Å². The highest BCUT2D eigenvalue weighted by atomic mass is 79.9. The highest BCUT2D eigenvalue weighted by Gasteiger charge is 2.22. The molecular weight excluding hydrogens is 332 g/mol. The first kappa shape index (κ1) is 14.2. The number of rotatable bonds is 4. The number of furan rings is 1. The second kappa shape index (κ2) is 5.44. The summed E-state index contributed by atoms with van der Waals surface area (Å²) in [4.78, 5) is 4.01. The van der Waals surface area contributed by atoms with Crippen LogP contribution in [0.5, 0.6) is 0 Å². The van der Waals surface area contributed by atoms with Crippen molar-refractivity contribution in [3.63, 3.8) is 0 Å². The molecule has 102 valence electrons. The lowest BCUT2D eigenvalue weighted by molar-refractivity contribution is 0.397. The number of halogens is 1. The molecule has 2 aromatic rings. The van der Waals surface area contributed by atoms with Crippen LogP contribution in [-0.2, 0) is 16.6 Å². The summed E-state index contributed by atoms with van der Waals surface area (Å²) in [5.41, 5.74) is 0. The third kappa shape index (κ3) is 3.23. The molecule has 0 unspecified atom stereocenters. The lowest BCUT2D eigenvalue weighted by atomic mass is 10.4. The van der Waals surface area contributed by atoms with Gasteiger partial charge in [0.25, 0.3) is 0 Å². The maximum absolute atomic E-state index is 12.3. The third-order valence-corrected chi connectivity index (χ3v) is 4.76. The second-order valence-corrected chi connectivity index (χ2v) is 7.07. The molecule has 0 amide bonds. The molecule has 0 saturated carbocycles. The topological polar surface area (TPSA) is 63.4 Å². The molecule has 0 radical (unpaired) electrons. The molecule has 0 saturated heterocycles. The molecule has 5 nitrogen and oxygen atoms in total. The van der Waals surface area contributed by atoms with E-state index in [1.54, 1.807) is 12.1 Å². The minimum atomic E-state index is -3.57. The van der Waals surface area contributed by atoms with E-state index in [1.165, 1.54) is 29.8 Å². The molecule has 0 aromatic carbocycles. The first-order chi connectivity index (χ1) is 8.89. The number of pyridine rings is 1. The normalized spacial score (nSPS) is 12.0. The van der Waals surface area contributed by atoms with Crippen LogP contribution in [0.4, 0.5) is 0 Å². The van der Waals surface area contributed by atoms with Crippen LogP contribution in [0.2, 0.25) is 0 Å². The first-order valence-corrected chi connectivity index (χ1v) is 7.75. The summed E-state index contributed by atoms with van der Waals surface area (Å²) in [6.07, 6.45) is 2.86. The lowest BCUT2D eigenvalue weighted by Gasteiger charge is -2.15. The van der Waals surface area contributed by atoms with Crippen LogP contribution in [0.15, 0.2) is 44.4 Å². The van der Waals surface area contributed by atoms with Crippen LogP contribution in [0, 0.1) is 6.92 Å². The summed E-state index contributed by atoms with van der Waals surface area (Å²) in [5, 5.41) is 0. The number of nitrogens with zero attached hydrogens (tertiary/aromatic N) is 2. The van der Waals surface area contributed by atoms with Gasteiger partial charge in [-0.2, -0.15) is 4.31 Å². The molecule has 2 rings (SSSR count). The molecule has 19 heavy (non-hydrogen) atoms. The van der Waals surface area contributed by atoms with Crippen molar-refractivity contribution in [1.82, 2.24) is 9.29 Å². The molecule has 2 aromatic heterocycles. The Labute approximate surface area is 120 Å². The Balaban J connectivity index is 2.24. The van der Waals surface area contributed by atoms with Crippen molar-refractivity contribution in [2.45, 2.75) is 18.4 Å². The largest absolute Gasteiger partial charge is 0.465 e. The fraction of sp³-hybridized carbons (Fsp3) is 0.250. The molecule has 0 N–H and O–H groups in total. The molecule has 0 fully saturated rings. The van der Waals surface area contributed by atoms with Crippen LogP contribution in [0.3, 0.4) is 0 Å². The van der Waals surface area contributed by atoms with E-state index in [1.807, 2.05) is 6.92 Å². The zero-order chi connectivity index (χ0) is 14.0. The van der Waals surface area contributed by atoms with Gasteiger partial charge in [-0.15, -0.1) is 0 Å². The van der Waals surface area contributed by atoms with Crippen LogP contribution in [0.1, 0.15) is 11.5 Å². The van der Waals surface area contributed by atoms with E-state index in [9.17, 15) is 8.42 Å². The van der Waals surface area contributed by atoms with Crippen molar-refractivity contribution in [3.8, 4) is 0 Å². The average Bonchev–Trinajstić information content (AvgIpc) is 2.74. The van der Waals surface area contributed by atoms with E-state index < -0.39 is 10.0 Å². The van der Waals surface area contributed by atoms with Gasteiger partial charge in [0.05, 0.1) is 6.54 Å². The molecule has 7 heteroatoms. The second-order valence-electron chi connectivity index (χ2n) is 4.11. The van der Waals surface area contributed by atoms with Crippen molar-refractivity contribution in [2.75, 3.05) is 7.05 Å². The zero-order valence-electron chi connectivity index (χ0n) is 10.5. The standard InChI is InChI=1S/C12H13BrN2O3S/c1-9-3-4-11(18-9)8-15(2)19(16,17)12-5-10(13)6-14-7-12/h3-7H,8H2,1-2H3. The summed E-state index contributed by atoms with van der Waals surface area (Å²) < 4.78 is 31.9. The zero-order valence-corrected chi connectivity index (χ0v) is 12.9. The molecule has 0 bridgehead atoms. The van der Waals surface area contributed by atoms with E-state index in [4.69, 9.17) is 4.42 Å². The van der Waals surface area contributed by atoms with Gasteiger partial charge in [0, 0.05) is 23.9 Å². The van der Waals surface area contributed by atoms with Gasteiger partial charge in [0.1, 0.15) is 16.4 Å². The molecular formula is C12H13BrN2O3S. The van der Waals surface area contributed by atoms with Gasteiger partial charge in [-0.1, -0.05) is 0 Å². The van der Waals surface area contributed by atoms with Gasteiger partial charge in [-0.3, -0.25) is 4.98 Å².